The van der Waals surface area contributed by atoms with Crippen molar-refractivity contribution < 1.29 is 14.7 Å². The number of rotatable bonds is 9. The zero-order valence-corrected chi connectivity index (χ0v) is 14.5. The van der Waals surface area contributed by atoms with Crippen LogP contribution in [-0.2, 0) is 11.8 Å². The molecule has 1 heterocycles. The molecule has 2 rings (SSSR count). The number of nitrogens with zero attached hydrogens (tertiary/aromatic N) is 1. The van der Waals surface area contributed by atoms with Crippen LogP contribution < -0.4 is 10.9 Å². The minimum absolute atomic E-state index is 0.206. The van der Waals surface area contributed by atoms with Crippen LogP contribution in [0.1, 0.15) is 48.9 Å². The highest BCUT2D eigenvalue weighted by Crippen LogP contribution is 2.16. The van der Waals surface area contributed by atoms with E-state index in [1.165, 1.54) is 10.6 Å². The maximum Gasteiger partial charge on any atom is 0.303 e. The van der Waals surface area contributed by atoms with Gasteiger partial charge in [0, 0.05) is 31.5 Å². The molecule has 0 unspecified atom stereocenters. The van der Waals surface area contributed by atoms with Gasteiger partial charge in [0.2, 0.25) is 0 Å². The van der Waals surface area contributed by atoms with E-state index in [0.29, 0.717) is 18.5 Å². The molecule has 0 aliphatic heterocycles. The van der Waals surface area contributed by atoms with Gasteiger partial charge in [-0.25, -0.2) is 0 Å². The Kier molecular flexibility index (Phi) is 6.74. The first kappa shape index (κ1) is 18.7. The summed E-state index contributed by atoms with van der Waals surface area (Å²) in [6.07, 6.45) is 4.53. The van der Waals surface area contributed by atoms with Gasteiger partial charge in [-0.3, -0.25) is 14.4 Å². The molecule has 0 fully saturated rings. The van der Waals surface area contributed by atoms with E-state index < -0.39 is 5.97 Å². The maximum atomic E-state index is 12.4. The number of para-hydroxylation sites is 1. The van der Waals surface area contributed by atoms with Gasteiger partial charge in [-0.2, -0.15) is 0 Å². The van der Waals surface area contributed by atoms with Crippen molar-refractivity contribution in [3.8, 4) is 0 Å². The number of hydrogen-bond donors (Lipinski definition) is 2. The van der Waals surface area contributed by atoms with Crippen LogP contribution in [-0.4, -0.2) is 28.1 Å². The molecule has 0 spiro atoms. The lowest BCUT2D eigenvalue weighted by molar-refractivity contribution is -0.137. The molecule has 0 bridgehead atoms. The summed E-state index contributed by atoms with van der Waals surface area (Å²) in [5.74, 6) is -0.992. The molecule has 6 heteroatoms. The van der Waals surface area contributed by atoms with E-state index in [1.807, 2.05) is 24.3 Å². The van der Waals surface area contributed by atoms with Crippen molar-refractivity contribution in [2.45, 2.75) is 38.5 Å². The number of carboxylic acid groups (broad SMARTS) is 1. The van der Waals surface area contributed by atoms with Crippen LogP contribution in [0.5, 0.6) is 0 Å². The highest BCUT2D eigenvalue weighted by molar-refractivity contribution is 6.06. The third kappa shape index (κ3) is 5.17. The Morgan fingerprint density at radius 2 is 1.76 bits per heavy atom. The standard InChI is InChI=1S/C19H24N2O4/c1-21-16-10-7-6-9-14(16)15(13-17(21)22)19(25)20-12-8-4-2-3-5-11-18(23)24/h6-7,9-10,13H,2-5,8,11-12H2,1H3,(H,20,25)(H,23,24). The fourth-order valence-corrected chi connectivity index (χ4v) is 2.83. The van der Waals surface area contributed by atoms with Gasteiger partial charge in [-0.05, 0) is 18.9 Å². The minimum Gasteiger partial charge on any atom is -0.481 e. The fourth-order valence-electron chi connectivity index (χ4n) is 2.83. The number of aliphatic carboxylic acids is 1. The molecule has 0 aliphatic carbocycles. The van der Waals surface area contributed by atoms with Crippen molar-refractivity contribution in [1.29, 1.82) is 0 Å². The molecule has 1 aromatic heterocycles. The molecule has 0 saturated carbocycles. The Balaban J connectivity index is 1.86. The van der Waals surface area contributed by atoms with Crippen LogP contribution in [0.25, 0.3) is 10.9 Å². The second-order valence-electron chi connectivity index (χ2n) is 6.14. The summed E-state index contributed by atoms with van der Waals surface area (Å²) >= 11 is 0. The summed E-state index contributed by atoms with van der Waals surface area (Å²) in [5, 5.41) is 12.2. The van der Waals surface area contributed by atoms with Crippen LogP contribution in [0, 0.1) is 0 Å². The van der Waals surface area contributed by atoms with Crippen molar-refractivity contribution in [1.82, 2.24) is 9.88 Å². The van der Waals surface area contributed by atoms with Crippen LogP contribution in [0.3, 0.4) is 0 Å². The van der Waals surface area contributed by atoms with E-state index in [-0.39, 0.29) is 17.9 Å². The summed E-state index contributed by atoms with van der Waals surface area (Å²) in [4.78, 5) is 34.8. The Morgan fingerprint density at radius 3 is 2.52 bits per heavy atom. The SMILES string of the molecule is Cn1c(=O)cc(C(=O)NCCCCCCCC(=O)O)c2ccccc21. The molecule has 2 N–H and O–H groups in total. The largest absolute Gasteiger partial charge is 0.481 e. The number of hydrogen-bond acceptors (Lipinski definition) is 3. The predicted molar refractivity (Wildman–Crippen MR) is 96.9 cm³/mol. The normalized spacial score (nSPS) is 10.8. The van der Waals surface area contributed by atoms with Crippen molar-refractivity contribution in [2.24, 2.45) is 7.05 Å². The molecule has 1 amide bonds. The number of unbranched alkanes of at least 4 members (excludes halogenated alkanes) is 4. The Labute approximate surface area is 146 Å². The van der Waals surface area contributed by atoms with Gasteiger partial charge in [0.15, 0.2) is 0 Å². The average Bonchev–Trinajstić information content (AvgIpc) is 2.60. The number of carboxylic acids is 1. The molecule has 0 atom stereocenters. The molecule has 0 aliphatic rings. The molecule has 6 nitrogen and oxygen atoms in total. The molecule has 1 aromatic carbocycles. The lowest BCUT2D eigenvalue weighted by atomic mass is 10.1. The first-order valence-electron chi connectivity index (χ1n) is 8.59. The summed E-state index contributed by atoms with van der Waals surface area (Å²) < 4.78 is 1.53. The number of aromatic nitrogens is 1. The van der Waals surface area contributed by atoms with E-state index in [2.05, 4.69) is 5.32 Å². The van der Waals surface area contributed by atoms with Crippen LogP contribution in [0.2, 0.25) is 0 Å². The van der Waals surface area contributed by atoms with Gasteiger partial charge in [-0.15, -0.1) is 0 Å². The number of fused-ring (bicyclic) bond motifs is 1. The highest BCUT2D eigenvalue weighted by atomic mass is 16.4. The number of benzene rings is 1. The quantitative estimate of drug-likeness (QED) is 0.685. The zero-order chi connectivity index (χ0) is 18.2. The summed E-state index contributed by atoms with van der Waals surface area (Å²) in [5.41, 5.74) is 0.931. The Hall–Kier alpha value is -2.63. The lowest BCUT2D eigenvalue weighted by Gasteiger charge is -2.10. The van der Waals surface area contributed by atoms with Gasteiger partial charge >= 0.3 is 5.97 Å². The van der Waals surface area contributed by atoms with Gasteiger partial charge in [0.1, 0.15) is 0 Å². The molecule has 25 heavy (non-hydrogen) atoms. The van der Waals surface area contributed by atoms with Gasteiger partial charge < -0.3 is 15.0 Å². The van der Waals surface area contributed by atoms with Crippen LogP contribution in [0.15, 0.2) is 35.1 Å². The average molecular weight is 344 g/mol. The van der Waals surface area contributed by atoms with Crippen LogP contribution in [0.4, 0.5) is 0 Å². The minimum atomic E-state index is -0.756. The molecule has 0 saturated heterocycles. The van der Waals surface area contributed by atoms with Crippen molar-refractivity contribution >= 4 is 22.8 Å². The van der Waals surface area contributed by atoms with Crippen molar-refractivity contribution in [2.75, 3.05) is 6.54 Å². The number of nitrogens with one attached hydrogen (secondary N) is 1. The molecule has 2 aromatic rings. The Bertz CT molecular complexity index is 811. The van der Waals surface area contributed by atoms with E-state index in [4.69, 9.17) is 5.11 Å². The van der Waals surface area contributed by atoms with E-state index >= 15 is 0 Å². The van der Waals surface area contributed by atoms with Gasteiger partial charge in [0.05, 0.1) is 11.1 Å². The second kappa shape index (κ2) is 9.01. The van der Waals surface area contributed by atoms with Crippen LogP contribution >= 0.6 is 0 Å². The van der Waals surface area contributed by atoms with Crippen molar-refractivity contribution in [3.05, 3.63) is 46.2 Å². The maximum absolute atomic E-state index is 12.4. The van der Waals surface area contributed by atoms with E-state index in [1.54, 1.807) is 7.05 Å². The first-order chi connectivity index (χ1) is 12.0. The molecular formula is C19H24N2O4. The number of carbonyl (C=O) groups is 2. The molecule has 0 radical (unpaired) electrons. The Morgan fingerprint density at radius 1 is 1.08 bits per heavy atom. The van der Waals surface area contributed by atoms with Gasteiger partial charge in [0.25, 0.3) is 11.5 Å². The lowest BCUT2D eigenvalue weighted by Crippen LogP contribution is -2.27. The zero-order valence-electron chi connectivity index (χ0n) is 14.5. The fraction of sp³-hybridized carbons (Fsp3) is 0.421. The first-order valence-corrected chi connectivity index (χ1v) is 8.59. The molecular weight excluding hydrogens is 320 g/mol. The summed E-state index contributed by atoms with van der Waals surface area (Å²) in [6.45, 7) is 0.543. The summed E-state index contributed by atoms with van der Waals surface area (Å²) in [6, 6.07) is 8.73. The second-order valence-corrected chi connectivity index (χ2v) is 6.14. The predicted octanol–water partition coefficient (Wildman–Crippen LogP) is 2.69. The molecule has 134 valence electrons. The van der Waals surface area contributed by atoms with E-state index in [0.717, 1.165) is 36.6 Å². The topological polar surface area (TPSA) is 88.4 Å². The third-order valence-electron chi connectivity index (χ3n) is 4.25. The van der Waals surface area contributed by atoms with Gasteiger partial charge in [-0.1, -0.05) is 37.5 Å². The number of pyridine rings is 1. The monoisotopic (exact) mass is 344 g/mol. The highest BCUT2D eigenvalue weighted by Gasteiger charge is 2.12. The summed E-state index contributed by atoms with van der Waals surface area (Å²) in [7, 11) is 1.69. The smallest absolute Gasteiger partial charge is 0.303 e. The van der Waals surface area contributed by atoms with Crippen molar-refractivity contribution in [3.63, 3.8) is 0 Å². The number of amides is 1. The van der Waals surface area contributed by atoms with E-state index in [9.17, 15) is 14.4 Å². The number of carbonyl (C=O) groups excluding carboxylic acids is 1. The third-order valence-corrected chi connectivity index (χ3v) is 4.25. The number of aryl methyl sites for hydroxylation is 1.